The summed E-state index contributed by atoms with van der Waals surface area (Å²) in [5, 5.41) is 31.7. The van der Waals surface area contributed by atoms with Crippen molar-refractivity contribution in [3.63, 3.8) is 0 Å². The van der Waals surface area contributed by atoms with Gasteiger partial charge in [0.05, 0.1) is 9.75 Å². The Bertz CT molecular complexity index is 3140. The molecule has 0 bridgehead atoms. The van der Waals surface area contributed by atoms with Crippen LogP contribution in [0, 0.1) is 37.5 Å². The fourth-order valence-electron chi connectivity index (χ4n) is 6.44. The number of hydrogen-bond acceptors (Lipinski definition) is 14. The van der Waals surface area contributed by atoms with Crippen LogP contribution in [0.5, 0.6) is 0 Å². The lowest BCUT2D eigenvalue weighted by Crippen LogP contribution is -2.17. The van der Waals surface area contributed by atoms with E-state index >= 15 is 0 Å². The Kier molecular flexibility index (Phi) is 12.9. The number of rotatable bonds is 9. The van der Waals surface area contributed by atoms with Crippen LogP contribution in [0.4, 0.5) is 21.0 Å². The molecule has 0 radical (unpaired) electrons. The first-order valence-corrected chi connectivity index (χ1v) is 23.1. The second-order valence-corrected chi connectivity index (χ2v) is 19.0. The van der Waals surface area contributed by atoms with Crippen LogP contribution in [0.1, 0.15) is 97.2 Å². The fraction of sp³-hybridized carbons (Fsp3) is 0.191. The first kappa shape index (κ1) is 44.4. The lowest BCUT2D eigenvalue weighted by atomic mass is 10.1. The van der Waals surface area contributed by atoms with Crippen molar-refractivity contribution in [1.82, 2.24) is 10.3 Å². The van der Waals surface area contributed by atoms with E-state index in [-0.39, 0.29) is 11.5 Å². The average molecular weight is 945 g/mol. The normalized spacial score (nSPS) is 13.2. The summed E-state index contributed by atoms with van der Waals surface area (Å²) in [4.78, 5) is 50.2. The number of fused-ring (bicyclic) bond motifs is 2. The number of aliphatic carboxylic acids is 1. The Morgan fingerprint density at radius 3 is 1.51 bits per heavy atom. The molecule has 2 amide bonds. The van der Waals surface area contributed by atoms with E-state index in [4.69, 9.17) is 23.6 Å². The van der Waals surface area contributed by atoms with E-state index in [0.717, 1.165) is 44.6 Å². The van der Waals surface area contributed by atoms with E-state index in [9.17, 15) is 24.3 Å². The number of nitrogens with zero attached hydrogens (tertiary/aromatic N) is 2. The lowest BCUT2D eigenvalue weighted by molar-refractivity contribution is -0.139. The number of carboxylic acids is 2. The molecule has 18 heteroatoms. The molecule has 0 spiro atoms. The molecule has 65 heavy (non-hydrogen) atoms. The van der Waals surface area contributed by atoms with Crippen LogP contribution in [0.3, 0.4) is 0 Å². The van der Waals surface area contributed by atoms with Crippen LogP contribution in [0.2, 0.25) is 0 Å². The molecule has 1 saturated carbocycles. The van der Waals surface area contributed by atoms with Crippen molar-refractivity contribution in [1.29, 1.82) is 0 Å². The summed E-state index contributed by atoms with van der Waals surface area (Å²) in [5.74, 6) is 10.6. The number of hydrogen-bond donors (Lipinski definition) is 4. The van der Waals surface area contributed by atoms with Gasteiger partial charge < -0.3 is 28.7 Å². The van der Waals surface area contributed by atoms with E-state index in [1.165, 1.54) is 45.3 Å². The Labute approximate surface area is 386 Å². The summed E-state index contributed by atoms with van der Waals surface area (Å²) in [6.07, 6.45) is -0.724. The zero-order chi connectivity index (χ0) is 45.8. The molecule has 6 aromatic heterocycles. The van der Waals surface area contributed by atoms with Crippen molar-refractivity contribution >= 4 is 99.6 Å². The average Bonchev–Trinajstić information content (AvgIpc) is 3.79. The number of aromatic carboxylic acids is 1. The van der Waals surface area contributed by atoms with Crippen molar-refractivity contribution in [2.75, 3.05) is 10.6 Å². The highest BCUT2D eigenvalue weighted by atomic mass is 32.1. The summed E-state index contributed by atoms with van der Waals surface area (Å²) in [5.41, 5.74) is 2.76. The van der Waals surface area contributed by atoms with Gasteiger partial charge in [0.25, 0.3) is 0 Å². The van der Waals surface area contributed by atoms with Gasteiger partial charge in [0.1, 0.15) is 45.3 Å². The van der Waals surface area contributed by atoms with Crippen molar-refractivity contribution in [3.8, 4) is 23.7 Å². The van der Waals surface area contributed by atoms with Gasteiger partial charge in [-0.05, 0) is 99.6 Å². The summed E-state index contributed by atoms with van der Waals surface area (Å²) in [6.45, 7) is 6.99. The van der Waals surface area contributed by atoms with Gasteiger partial charge >= 0.3 is 24.1 Å². The number of amides is 2. The Hall–Kier alpha value is -7.22. The maximum absolute atomic E-state index is 12.4. The smallest absolute Gasteiger partial charge is 0.412 e. The molecule has 0 saturated heterocycles. The third kappa shape index (κ3) is 10.1. The molecule has 2 aromatic carbocycles. The van der Waals surface area contributed by atoms with E-state index in [1.807, 2.05) is 78.9 Å². The number of nitrogens with one attached hydrogen (secondary N) is 2. The molecule has 0 aliphatic heterocycles. The number of benzene rings is 2. The van der Waals surface area contributed by atoms with Gasteiger partial charge in [-0.2, -0.15) is 0 Å². The van der Waals surface area contributed by atoms with Crippen LogP contribution in [-0.4, -0.2) is 44.7 Å². The predicted octanol–water partition coefficient (Wildman–Crippen LogP) is 11.8. The largest absolute Gasteiger partial charge is 0.481 e. The molecule has 14 nitrogen and oxygen atoms in total. The quantitative estimate of drug-likeness (QED) is 0.0998. The van der Waals surface area contributed by atoms with Gasteiger partial charge in [-0.1, -0.05) is 71.0 Å². The number of carboxylic acid groups (broad SMARTS) is 2. The SMILES string of the molecule is Cc1noc(C#Cc2cc3sc(C(=O)O)cc3s2)c1NC(=O)O[C@H](C)c1ccccc1.Cc1noc(C#Cc2cc3sc(C4(C(=O)O)CC4)cc3s2)c1NC(=O)O[C@H](C)c1ccccc1. The molecular weight excluding hydrogens is 909 g/mol. The Morgan fingerprint density at radius 1 is 0.646 bits per heavy atom. The number of ether oxygens (including phenoxy) is 2. The van der Waals surface area contributed by atoms with Crippen molar-refractivity contribution in [2.45, 2.75) is 58.2 Å². The molecule has 1 aliphatic carbocycles. The van der Waals surface area contributed by atoms with Gasteiger partial charge in [-0.3, -0.25) is 15.4 Å². The first-order valence-electron chi connectivity index (χ1n) is 19.8. The minimum Gasteiger partial charge on any atom is -0.481 e. The van der Waals surface area contributed by atoms with Crippen LogP contribution in [0.15, 0.2) is 94.0 Å². The standard InChI is InChI=1S/C25H20N2O5S2.C22H16N2O5S2/c1-14-22(26-24(30)31-15(2)16-6-4-3-5-7-16)18(32-27-14)9-8-17-12-19-20(33-17)13-21(34-19)25(10-11-25)23(28)29;1-12-20(23-22(27)28-13(2)14-6-4-3-5-7-14)16(29-24-12)9-8-15-10-17-18(30-15)11-19(31-17)21(25)26/h3-7,12-13,15H,10-11H2,1-2H3,(H,26,30)(H,28,29);3-7,10-11,13H,1-2H3,(H,23,27)(H,25,26)/t15-;13-/m11/s1. The number of carbonyl (C=O) groups is 4. The van der Waals surface area contributed by atoms with E-state index in [1.54, 1.807) is 33.8 Å². The molecule has 4 N–H and O–H groups in total. The second kappa shape index (κ2) is 18.9. The zero-order valence-corrected chi connectivity index (χ0v) is 38.1. The van der Waals surface area contributed by atoms with Gasteiger partial charge in [-0.15, -0.1) is 45.3 Å². The van der Waals surface area contributed by atoms with Crippen LogP contribution in [-0.2, 0) is 19.7 Å². The molecule has 1 aliphatic rings. The number of aryl methyl sites for hydroxylation is 2. The van der Waals surface area contributed by atoms with Crippen molar-refractivity contribution in [2.24, 2.45) is 0 Å². The van der Waals surface area contributed by atoms with Crippen molar-refractivity contribution in [3.05, 3.63) is 138 Å². The summed E-state index contributed by atoms with van der Waals surface area (Å²) >= 11 is 5.59. The molecule has 328 valence electrons. The maximum Gasteiger partial charge on any atom is 0.412 e. The van der Waals surface area contributed by atoms with Gasteiger partial charge in [0.15, 0.2) is 0 Å². The minimum atomic E-state index is -0.942. The highest BCUT2D eigenvalue weighted by molar-refractivity contribution is 7.29. The highest BCUT2D eigenvalue weighted by Crippen LogP contribution is 2.52. The minimum absolute atomic E-state index is 0.213. The Morgan fingerprint density at radius 2 is 1.09 bits per heavy atom. The molecular formula is C47H36N4O10S4. The molecule has 8 aromatic rings. The predicted molar refractivity (Wildman–Crippen MR) is 249 cm³/mol. The lowest BCUT2D eigenvalue weighted by Gasteiger charge is -2.13. The van der Waals surface area contributed by atoms with E-state index < -0.39 is 41.7 Å². The molecule has 9 rings (SSSR count). The topological polar surface area (TPSA) is 203 Å². The first-order chi connectivity index (χ1) is 31.3. The summed E-state index contributed by atoms with van der Waals surface area (Å²) in [7, 11) is 0. The summed E-state index contributed by atoms with van der Waals surface area (Å²) in [6, 6.07) is 26.2. The second-order valence-electron chi connectivity index (χ2n) is 14.7. The number of carbonyl (C=O) groups excluding carboxylic acids is 2. The van der Waals surface area contributed by atoms with E-state index in [0.29, 0.717) is 40.5 Å². The zero-order valence-electron chi connectivity index (χ0n) is 34.8. The molecule has 2 atom stereocenters. The fourth-order valence-corrected chi connectivity index (χ4v) is 11.0. The molecule has 6 heterocycles. The van der Waals surface area contributed by atoms with Gasteiger partial charge in [0.2, 0.25) is 11.5 Å². The number of thiophene rings is 4. The van der Waals surface area contributed by atoms with Crippen LogP contribution >= 0.6 is 45.3 Å². The third-order valence-electron chi connectivity index (χ3n) is 10.1. The van der Waals surface area contributed by atoms with Crippen molar-refractivity contribution < 1.29 is 47.9 Å². The number of aromatic nitrogens is 2. The third-order valence-corrected chi connectivity index (χ3v) is 14.7. The molecule has 0 unspecified atom stereocenters. The molecule has 1 fully saturated rings. The van der Waals surface area contributed by atoms with Crippen LogP contribution < -0.4 is 10.6 Å². The van der Waals surface area contributed by atoms with Gasteiger partial charge in [-0.25, -0.2) is 14.4 Å². The summed E-state index contributed by atoms with van der Waals surface area (Å²) < 4.78 is 25.2. The number of anilines is 2. The highest BCUT2D eigenvalue weighted by Gasteiger charge is 2.53. The van der Waals surface area contributed by atoms with Gasteiger partial charge in [0, 0.05) is 23.7 Å². The van der Waals surface area contributed by atoms with Crippen LogP contribution in [0.25, 0.3) is 18.8 Å². The monoisotopic (exact) mass is 944 g/mol. The maximum atomic E-state index is 12.4. The Balaban J connectivity index is 0.000000178. The van der Waals surface area contributed by atoms with E-state index in [2.05, 4.69) is 44.6 Å².